The topological polar surface area (TPSA) is 44.9 Å². The Kier molecular flexibility index (Phi) is 4.43. The first-order valence-corrected chi connectivity index (χ1v) is 8.35. The standard InChI is InChI=1S/C15H20AsFN4/c16-15-19-7-5-14(20-8-6-13(18)10-20)21(15)9-11-1-3-12(17)4-2-11/h1-5,7,13-14H,6,8-10,16,18H2/t13-,14?/m1/s1. The van der Waals surface area contributed by atoms with E-state index in [-0.39, 0.29) is 18.0 Å². The van der Waals surface area contributed by atoms with Crippen LogP contribution < -0.4 is 5.73 Å². The van der Waals surface area contributed by atoms with E-state index in [9.17, 15) is 4.39 Å². The van der Waals surface area contributed by atoms with Crippen LogP contribution in [-0.2, 0) is 6.54 Å². The predicted molar refractivity (Wildman–Crippen MR) is 85.0 cm³/mol. The molecule has 0 aliphatic carbocycles. The molecule has 0 amide bonds. The van der Waals surface area contributed by atoms with Crippen LogP contribution in [0, 0.1) is 5.82 Å². The molecule has 4 nitrogen and oxygen atoms in total. The molecule has 2 heterocycles. The van der Waals surface area contributed by atoms with E-state index in [0.717, 1.165) is 36.2 Å². The van der Waals surface area contributed by atoms with Crippen LogP contribution in [0.2, 0.25) is 0 Å². The third-order valence-electron chi connectivity index (χ3n) is 3.98. The molecular formula is C15H20AsFN4. The molecule has 1 fully saturated rings. The number of nitrogens with two attached hydrogens (primary N) is 1. The van der Waals surface area contributed by atoms with Crippen molar-refractivity contribution >= 4 is 21.5 Å². The summed E-state index contributed by atoms with van der Waals surface area (Å²) in [6.07, 6.45) is 5.23. The monoisotopic (exact) mass is 350 g/mol. The third kappa shape index (κ3) is 3.37. The normalized spacial score (nSPS) is 26.2. The molecule has 0 radical (unpaired) electrons. The second-order valence-corrected chi connectivity index (χ2v) is 6.62. The Morgan fingerprint density at radius 3 is 2.76 bits per heavy atom. The Morgan fingerprint density at radius 2 is 2.10 bits per heavy atom. The van der Waals surface area contributed by atoms with Gasteiger partial charge in [-0.25, -0.2) is 0 Å². The number of halogens is 1. The SMILES string of the molecule is N[C@@H]1CCN(C2C=CN=C([AsH2])N2Cc2ccc(F)cc2)C1. The molecule has 0 bridgehead atoms. The van der Waals surface area contributed by atoms with E-state index in [4.69, 9.17) is 5.73 Å². The summed E-state index contributed by atoms with van der Waals surface area (Å²) in [6, 6.07) is 6.94. The van der Waals surface area contributed by atoms with Gasteiger partial charge >= 0.3 is 133 Å². The first kappa shape index (κ1) is 14.8. The number of aliphatic imine (C=N–C) groups is 1. The molecule has 3 atom stereocenters. The van der Waals surface area contributed by atoms with Gasteiger partial charge in [-0.2, -0.15) is 0 Å². The molecule has 2 aliphatic heterocycles. The summed E-state index contributed by atoms with van der Waals surface area (Å²) in [6.45, 7) is 2.66. The van der Waals surface area contributed by atoms with Crippen LogP contribution in [0.25, 0.3) is 0 Å². The molecule has 0 aromatic heterocycles. The van der Waals surface area contributed by atoms with E-state index in [2.05, 4.69) is 20.9 Å². The summed E-state index contributed by atoms with van der Waals surface area (Å²) < 4.78 is 14.1. The maximum absolute atomic E-state index is 13.0. The van der Waals surface area contributed by atoms with Crippen molar-refractivity contribution in [3.63, 3.8) is 0 Å². The van der Waals surface area contributed by atoms with Gasteiger partial charge in [0.15, 0.2) is 0 Å². The first-order chi connectivity index (χ1) is 10.1. The molecule has 2 N–H and O–H groups in total. The van der Waals surface area contributed by atoms with Gasteiger partial charge in [0.1, 0.15) is 0 Å². The minimum atomic E-state index is -0.200. The van der Waals surface area contributed by atoms with E-state index in [1.165, 1.54) is 29.0 Å². The van der Waals surface area contributed by atoms with E-state index in [0.29, 0.717) is 0 Å². The second kappa shape index (κ2) is 6.30. The predicted octanol–water partition coefficient (Wildman–Crippen LogP) is 0.503. The van der Waals surface area contributed by atoms with Crippen molar-refractivity contribution in [3.05, 3.63) is 47.9 Å². The number of benzene rings is 1. The second-order valence-electron chi connectivity index (χ2n) is 5.54. The van der Waals surface area contributed by atoms with Gasteiger partial charge in [-0.1, -0.05) is 0 Å². The fraction of sp³-hybridized carbons (Fsp3) is 0.400. The van der Waals surface area contributed by atoms with E-state index in [1.807, 2.05) is 18.3 Å². The van der Waals surface area contributed by atoms with E-state index in [1.54, 1.807) is 0 Å². The van der Waals surface area contributed by atoms with Crippen molar-refractivity contribution in [2.24, 2.45) is 10.7 Å². The molecule has 0 spiro atoms. The Hall–Kier alpha value is -1.16. The summed E-state index contributed by atoms with van der Waals surface area (Å²) in [5.74, 6) is -0.200. The fourth-order valence-electron chi connectivity index (χ4n) is 2.85. The van der Waals surface area contributed by atoms with Gasteiger partial charge in [-0.15, -0.1) is 0 Å². The zero-order valence-corrected chi connectivity index (χ0v) is 14.2. The molecule has 6 heteroatoms. The van der Waals surface area contributed by atoms with Crippen LogP contribution >= 0.6 is 0 Å². The van der Waals surface area contributed by atoms with Crippen molar-refractivity contribution in [3.8, 4) is 0 Å². The average molecular weight is 350 g/mol. The Morgan fingerprint density at radius 1 is 1.33 bits per heavy atom. The maximum atomic E-state index is 13.0. The van der Waals surface area contributed by atoms with Gasteiger partial charge < -0.3 is 0 Å². The van der Waals surface area contributed by atoms with Gasteiger partial charge in [0.2, 0.25) is 0 Å². The molecule has 1 aromatic carbocycles. The van der Waals surface area contributed by atoms with Gasteiger partial charge in [-0.3, -0.25) is 0 Å². The minimum absolute atomic E-state index is 0.197. The van der Waals surface area contributed by atoms with Gasteiger partial charge in [0.25, 0.3) is 0 Å². The van der Waals surface area contributed by atoms with E-state index >= 15 is 0 Å². The quantitative estimate of drug-likeness (QED) is 0.808. The molecule has 1 saturated heterocycles. The van der Waals surface area contributed by atoms with Crippen molar-refractivity contribution in [2.45, 2.75) is 25.2 Å². The van der Waals surface area contributed by atoms with Crippen LogP contribution in [0.5, 0.6) is 0 Å². The Balaban J connectivity index is 1.77. The zero-order valence-electron chi connectivity index (χ0n) is 11.8. The van der Waals surface area contributed by atoms with Crippen LogP contribution in [-0.4, -0.2) is 56.6 Å². The number of hydrogen-bond acceptors (Lipinski definition) is 4. The summed E-state index contributed by atoms with van der Waals surface area (Å²) >= 11 is 1.51. The molecule has 3 rings (SSSR count). The Labute approximate surface area is 133 Å². The van der Waals surface area contributed by atoms with Gasteiger partial charge in [0.05, 0.1) is 0 Å². The number of nitrogens with zero attached hydrogens (tertiary/aromatic N) is 3. The van der Waals surface area contributed by atoms with Crippen LogP contribution in [0.1, 0.15) is 12.0 Å². The molecule has 21 heavy (non-hydrogen) atoms. The summed E-state index contributed by atoms with van der Waals surface area (Å²) in [5.41, 5.74) is 7.12. The van der Waals surface area contributed by atoms with Gasteiger partial charge in [-0.05, 0) is 0 Å². The van der Waals surface area contributed by atoms with Crippen LogP contribution in [0.4, 0.5) is 4.39 Å². The fourth-order valence-corrected chi connectivity index (χ4v) is 3.54. The number of hydrogen-bond donors (Lipinski definition) is 1. The van der Waals surface area contributed by atoms with Crippen molar-refractivity contribution in [1.29, 1.82) is 0 Å². The summed E-state index contributed by atoms with van der Waals surface area (Å²) in [5, 5.41) is 0. The average Bonchev–Trinajstić information content (AvgIpc) is 2.90. The zero-order chi connectivity index (χ0) is 14.8. The summed E-state index contributed by atoms with van der Waals surface area (Å²) in [7, 11) is 0. The van der Waals surface area contributed by atoms with E-state index < -0.39 is 0 Å². The van der Waals surface area contributed by atoms with Crippen LogP contribution in [0.3, 0.4) is 0 Å². The molecule has 2 aliphatic rings. The van der Waals surface area contributed by atoms with Crippen molar-refractivity contribution in [2.75, 3.05) is 13.1 Å². The molecule has 112 valence electrons. The molecule has 0 saturated carbocycles. The molecule has 2 unspecified atom stereocenters. The number of amidine groups is 1. The third-order valence-corrected chi connectivity index (χ3v) is 4.98. The Bertz CT molecular complexity index is 557. The number of rotatable bonds is 3. The van der Waals surface area contributed by atoms with Crippen molar-refractivity contribution in [1.82, 2.24) is 9.80 Å². The molecule has 1 aromatic rings. The van der Waals surface area contributed by atoms with Crippen LogP contribution in [0.15, 0.2) is 41.5 Å². The molecular weight excluding hydrogens is 330 g/mol. The number of likely N-dealkylation sites (tertiary alicyclic amines) is 1. The first-order valence-electron chi connectivity index (χ1n) is 7.14. The van der Waals surface area contributed by atoms with Crippen molar-refractivity contribution < 1.29 is 4.39 Å². The summed E-state index contributed by atoms with van der Waals surface area (Å²) in [4.78, 5) is 9.08. The van der Waals surface area contributed by atoms with Gasteiger partial charge in [0, 0.05) is 0 Å².